The Balaban J connectivity index is 1.97. The number of hydrogen-bond acceptors (Lipinski definition) is 2. The van der Waals surface area contributed by atoms with Crippen molar-refractivity contribution in [3.8, 4) is 28.2 Å². The first-order valence-corrected chi connectivity index (χ1v) is 10.5. The quantitative estimate of drug-likeness (QED) is 0.381. The molecule has 3 nitrogen and oxygen atoms in total. The minimum Gasteiger partial charge on any atom is -0.278 e. The molecule has 1 heterocycles. The summed E-state index contributed by atoms with van der Waals surface area (Å²) in [6, 6.07) is 23.5. The SMILES string of the molecule is Cc1ccccc1-c1cccc(-c2nnc(C(C)(C)C)n2-c2c(C)cccc2C)c1. The van der Waals surface area contributed by atoms with Crippen LogP contribution in [-0.4, -0.2) is 14.8 Å². The van der Waals surface area contributed by atoms with Gasteiger partial charge in [-0.15, -0.1) is 10.2 Å². The second-order valence-electron chi connectivity index (χ2n) is 9.07. The fourth-order valence-corrected chi connectivity index (χ4v) is 4.05. The molecule has 0 saturated heterocycles. The Morgan fingerprint density at radius 1 is 0.667 bits per heavy atom. The monoisotopic (exact) mass is 395 g/mol. The summed E-state index contributed by atoms with van der Waals surface area (Å²) in [4.78, 5) is 0. The third kappa shape index (κ3) is 3.56. The summed E-state index contributed by atoms with van der Waals surface area (Å²) in [6.45, 7) is 13.0. The Bertz CT molecular complexity index is 1190. The van der Waals surface area contributed by atoms with Gasteiger partial charge in [-0.05, 0) is 54.7 Å². The van der Waals surface area contributed by atoms with Crippen molar-refractivity contribution in [3.63, 3.8) is 0 Å². The second kappa shape index (κ2) is 7.56. The van der Waals surface area contributed by atoms with Gasteiger partial charge in [-0.2, -0.15) is 0 Å². The van der Waals surface area contributed by atoms with Crippen molar-refractivity contribution in [3.05, 3.63) is 89.2 Å². The zero-order chi connectivity index (χ0) is 21.5. The summed E-state index contributed by atoms with van der Waals surface area (Å²) in [5.74, 6) is 1.85. The zero-order valence-corrected chi connectivity index (χ0v) is 18.7. The molecule has 0 unspecified atom stereocenters. The molecule has 1 aromatic heterocycles. The summed E-state index contributed by atoms with van der Waals surface area (Å²) in [5.41, 5.74) is 8.25. The lowest BCUT2D eigenvalue weighted by molar-refractivity contribution is 0.533. The molecule has 0 amide bonds. The highest BCUT2D eigenvalue weighted by Gasteiger charge is 2.27. The van der Waals surface area contributed by atoms with Crippen LogP contribution in [0, 0.1) is 20.8 Å². The second-order valence-corrected chi connectivity index (χ2v) is 9.07. The molecule has 3 aromatic carbocycles. The lowest BCUT2D eigenvalue weighted by Crippen LogP contribution is -2.19. The molecule has 0 atom stereocenters. The molecule has 4 aromatic rings. The molecule has 0 radical (unpaired) electrons. The lowest BCUT2D eigenvalue weighted by Gasteiger charge is -2.22. The summed E-state index contributed by atoms with van der Waals surface area (Å²) >= 11 is 0. The van der Waals surface area contributed by atoms with Crippen molar-refractivity contribution in [2.24, 2.45) is 0 Å². The van der Waals surface area contributed by atoms with Crippen molar-refractivity contribution in [1.29, 1.82) is 0 Å². The molecule has 0 aliphatic rings. The van der Waals surface area contributed by atoms with Crippen LogP contribution in [0.2, 0.25) is 0 Å². The Morgan fingerprint density at radius 2 is 1.27 bits per heavy atom. The van der Waals surface area contributed by atoms with Crippen LogP contribution in [0.1, 0.15) is 43.3 Å². The van der Waals surface area contributed by atoms with E-state index in [9.17, 15) is 0 Å². The average Bonchev–Trinajstić information content (AvgIpc) is 3.13. The predicted molar refractivity (Wildman–Crippen MR) is 125 cm³/mol. The first-order valence-electron chi connectivity index (χ1n) is 10.5. The van der Waals surface area contributed by atoms with E-state index in [1.165, 1.54) is 33.5 Å². The van der Waals surface area contributed by atoms with Gasteiger partial charge in [0.05, 0.1) is 5.69 Å². The van der Waals surface area contributed by atoms with Gasteiger partial charge in [0.15, 0.2) is 5.82 Å². The van der Waals surface area contributed by atoms with Crippen molar-refractivity contribution in [2.75, 3.05) is 0 Å². The first kappa shape index (κ1) is 20.1. The highest BCUT2D eigenvalue weighted by Crippen LogP contribution is 2.34. The lowest BCUT2D eigenvalue weighted by atomic mass is 9.94. The number of nitrogens with zero attached hydrogens (tertiary/aromatic N) is 3. The molecule has 152 valence electrons. The molecule has 0 saturated carbocycles. The van der Waals surface area contributed by atoms with Gasteiger partial charge in [-0.1, -0.05) is 81.4 Å². The Labute approximate surface area is 179 Å². The Hall–Kier alpha value is -3.20. The molecule has 3 heteroatoms. The van der Waals surface area contributed by atoms with Crippen LogP contribution in [-0.2, 0) is 5.41 Å². The molecule has 0 fully saturated rings. The van der Waals surface area contributed by atoms with Crippen molar-refractivity contribution in [2.45, 2.75) is 47.0 Å². The smallest absolute Gasteiger partial charge is 0.168 e. The van der Waals surface area contributed by atoms with Crippen molar-refractivity contribution < 1.29 is 0 Å². The van der Waals surface area contributed by atoms with E-state index in [4.69, 9.17) is 0 Å². The molecule has 30 heavy (non-hydrogen) atoms. The van der Waals surface area contributed by atoms with Crippen LogP contribution >= 0.6 is 0 Å². The number of aromatic nitrogens is 3. The largest absolute Gasteiger partial charge is 0.278 e. The number of para-hydroxylation sites is 1. The molecule has 0 N–H and O–H groups in total. The number of benzene rings is 3. The third-order valence-corrected chi connectivity index (χ3v) is 5.57. The maximum Gasteiger partial charge on any atom is 0.168 e. The van der Waals surface area contributed by atoms with E-state index >= 15 is 0 Å². The van der Waals surface area contributed by atoms with E-state index in [2.05, 4.69) is 123 Å². The van der Waals surface area contributed by atoms with Crippen molar-refractivity contribution in [1.82, 2.24) is 14.8 Å². The number of hydrogen-bond donors (Lipinski definition) is 0. The van der Waals surface area contributed by atoms with E-state index in [-0.39, 0.29) is 5.41 Å². The minimum atomic E-state index is -0.131. The van der Waals surface area contributed by atoms with Crippen LogP contribution in [0.25, 0.3) is 28.2 Å². The van der Waals surface area contributed by atoms with Crippen LogP contribution < -0.4 is 0 Å². The maximum atomic E-state index is 4.68. The van der Waals surface area contributed by atoms with Crippen LogP contribution in [0.15, 0.2) is 66.7 Å². The number of rotatable bonds is 3. The van der Waals surface area contributed by atoms with E-state index in [0.717, 1.165) is 17.2 Å². The standard InChI is InChI=1S/C27H29N3/c1-18-11-7-8-16-23(18)21-14-10-15-22(17-21)25-28-29-26(27(4,5)6)30(25)24-19(2)12-9-13-20(24)3/h7-17H,1-6H3. The van der Waals surface area contributed by atoms with Crippen molar-refractivity contribution >= 4 is 0 Å². The molecule has 4 rings (SSSR count). The summed E-state index contributed by atoms with van der Waals surface area (Å²) in [7, 11) is 0. The van der Waals surface area contributed by atoms with E-state index in [1.54, 1.807) is 0 Å². The van der Waals surface area contributed by atoms with Crippen LogP contribution in [0.4, 0.5) is 0 Å². The van der Waals surface area contributed by atoms with E-state index < -0.39 is 0 Å². The van der Waals surface area contributed by atoms with Gasteiger partial charge in [-0.25, -0.2) is 0 Å². The molecule has 0 bridgehead atoms. The summed E-state index contributed by atoms with van der Waals surface area (Å²) < 4.78 is 2.25. The van der Waals surface area contributed by atoms with Gasteiger partial charge in [0.2, 0.25) is 0 Å². The van der Waals surface area contributed by atoms with Gasteiger partial charge in [0, 0.05) is 11.0 Å². The summed E-state index contributed by atoms with van der Waals surface area (Å²) in [6.07, 6.45) is 0. The van der Waals surface area contributed by atoms with Gasteiger partial charge < -0.3 is 0 Å². The van der Waals surface area contributed by atoms with Crippen LogP contribution in [0.5, 0.6) is 0 Å². The Morgan fingerprint density at radius 3 is 1.93 bits per heavy atom. The molecule has 0 aliphatic heterocycles. The van der Waals surface area contributed by atoms with Gasteiger partial charge >= 0.3 is 0 Å². The molecule has 0 aliphatic carbocycles. The van der Waals surface area contributed by atoms with Crippen LogP contribution in [0.3, 0.4) is 0 Å². The molecular weight excluding hydrogens is 366 g/mol. The Kier molecular flexibility index (Phi) is 5.07. The topological polar surface area (TPSA) is 30.7 Å². The summed E-state index contributed by atoms with van der Waals surface area (Å²) in [5, 5.41) is 9.34. The number of aryl methyl sites for hydroxylation is 3. The first-order chi connectivity index (χ1) is 14.3. The van der Waals surface area contributed by atoms with Gasteiger partial charge in [0.1, 0.15) is 5.82 Å². The van der Waals surface area contributed by atoms with E-state index in [0.29, 0.717) is 0 Å². The third-order valence-electron chi connectivity index (χ3n) is 5.57. The average molecular weight is 396 g/mol. The van der Waals surface area contributed by atoms with E-state index in [1.807, 2.05) is 0 Å². The predicted octanol–water partition coefficient (Wildman–Crippen LogP) is 6.82. The fraction of sp³-hybridized carbons (Fsp3) is 0.259. The zero-order valence-electron chi connectivity index (χ0n) is 18.7. The highest BCUT2D eigenvalue weighted by molar-refractivity contribution is 5.73. The molecule has 0 spiro atoms. The minimum absolute atomic E-state index is 0.131. The fourth-order valence-electron chi connectivity index (χ4n) is 4.05. The normalized spacial score (nSPS) is 11.7. The molecular formula is C27H29N3. The maximum absolute atomic E-state index is 4.68. The van der Waals surface area contributed by atoms with Gasteiger partial charge in [-0.3, -0.25) is 4.57 Å². The van der Waals surface area contributed by atoms with Gasteiger partial charge in [0.25, 0.3) is 0 Å². The highest BCUT2D eigenvalue weighted by atomic mass is 15.3.